The van der Waals surface area contributed by atoms with Crippen molar-refractivity contribution in [2.24, 2.45) is 5.92 Å². The van der Waals surface area contributed by atoms with Crippen LogP contribution in [0.4, 0.5) is 22.0 Å². The minimum atomic E-state index is -6.21. The largest absolute Gasteiger partial charge is 0.534 e. The van der Waals surface area contributed by atoms with Crippen LogP contribution >= 0.6 is 0 Å². The lowest BCUT2D eigenvalue weighted by Gasteiger charge is -2.30. The number of alkyl halides is 5. The zero-order valence-corrected chi connectivity index (χ0v) is 16.2. The average Bonchev–Trinajstić information content (AvgIpc) is 2.63. The van der Waals surface area contributed by atoms with Crippen LogP contribution in [0.3, 0.4) is 0 Å². The first-order chi connectivity index (χ1) is 13.4. The first kappa shape index (κ1) is 23.1. The van der Waals surface area contributed by atoms with Crippen LogP contribution in [0.1, 0.15) is 41.6 Å². The maximum absolute atomic E-state index is 14.9. The summed E-state index contributed by atoms with van der Waals surface area (Å²) in [6.45, 7) is 0. The van der Waals surface area contributed by atoms with Gasteiger partial charge in [-0.1, -0.05) is 18.6 Å². The molecule has 0 spiro atoms. The zero-order chi connectivity index (χ0) is 21.9. The highest BCUT2D eigenvalue weighted by atomic mass is 32.2. The summed E-state index contributed by atoms with van der Waals surface area (Å²) in [6.07, 6.45) is 1.16. The number of methoxy groups -OCH3 is 1. The summed E-state index contributed by atoms with van der Waals surface area (Å²) in [7, 11) is -5.02. The van der Waals surface area contributed by atoms with E-state index in [1.807, 2.05) is 0 Å². The average molecular weight is 442 g/mol. The highest BCUT2D eigenvalue weighted by Crippen LogP contribution is 2.42. The third-order valence-corrected chi connectivity index (χ3v) is 5.48. The summed E-state index contributed by atoms with van der Waals surface area (Å²) in [5, 5.41) is 0. The number of hydrogen-bond donors (Lipinski definition) is 0. The molecule has 0 heterocycles. The van der Waals surface area contributed by atoms with Crippen LogP contribution in [0.5, 0.6) is 0 Å². The van der Waals surface area contributed by atoms with E-state index in [2.05, 4.69) is 8.92 Å². The smallest absolute Gasteiger partial charge is 0.465 e. The number of esters is 1. The molecular weight excluding hydrogens is 423 g/mol. The molecule has 1 atom stereocenters. The van der Waals surface area contributed by atoms with Gasteiger partial charge in [-0.2, -0.15) is 30.4 Å². The lowest BCUT2D eigenvalue weighted by atomic mass is 9.85. The Morgan fingerprint density at radius 1 is 1.17 bits per heavy atom. The van der Waals surface area contributed by atoms with Crippen LogP contribution in [0.25, 0.3) is 0 Å². The van der Waals surface area contributed by atoms with Gasteiger partial charge in [0.1, 0.15) is 0 Å². The topological polar surface area (TPSA) is 69.7 Å². The molecule has 0 fully saturated rings. The summed E-state index contributed by atoms with van der Waals surface area (Å²) in [6, 6.07) is 5.61. The molecule has 1 aromatic carbocycles. The molecule has 0 radical (unpaired) electrons. The molecule has 0 aromatic heterocycles. The van der Waals surface area contributed by atoms with Gasteiger partial charge in [0.25, 0.3) is 0 Å². The summed E-state index contributed by atoms with van der Waals surface area (Å²) < 4.78 is 98.5. The summed E-state index contributed by atoms with van der Waals surface area (Å²) in [4.78, 5) is 11.4. The van der Waals surface area contributed by atoms with Gasteiger partial charge in [0.15, 0.2) is 5.76 Å². The molecule has 29 heavy (non-hydrogen) atoms. The van der Waals surface area contributed by atoms with E-state index >= 15 is 0 Å². The highest BCUT2D eigenvalue weighted by molar-refractivity contribution is 7.87. The molecule has 2 rings (SSSR count). The SMILES string of the molecule is COC(=O)c1ccc(CC2CCCCC=C(OS(=O)(=O)C(F)(F)F)C2(F)F)cc1. The van der Waals surface area contributed by atoms with E-state index in [1.54, 1.807) is 0 Å². The van der Waals surface area contributed by atoms with E-state index in [0.29, 0.717) is 24.5 Å². The van der Waals surface area contributed by atoms with Crippen LogP contribution in [-0.2, 0) is 25.5 Å². The molecule has 0 N–H and O–H groups in total. The van der Waals surface area contributed by atoms with E-state index in [9.17, 15) is 35.2 Å². The fourth-order valence-corrected chi connectivity index (χ4v) is 3.46. The third kappa shape index (κ3) is 5.46. The number of benzene rings is 1. The molecule has 0 bridgehead atoms. The molecule has 0 saturated carbocycles. The second kappa shape index (κ2) is 8.68. The minimum Gasteiger partial charge on any atom is -0.465 e. The van der Waals surface area contributed by atoms with Crippen molar-refractivity contribution in [3.8, 4) is 0 Å². The number of carbonyl (C=O) groups excluding carboxylic acids is 1. The van der Waals surface area contributed by atoms with Gasteiger partial charge in [-0.25, -0.2) is 4.79 Å². The van der Waals surface area contributed by atoms with Crippen LogP contribution in [-0.4, -0.2) is 32.9 Å². The Balaban J connectivity index is 2.28. The molecule has 0 amide bonds. The fraction of sp³-hybridized carbons (Fsp3) is 0.500. The van der Waals surface area contributed by atoms with Crippen molar-refractivity contribution >= 4 is 16.1 Å². The first-order valence-electron chi connectivity index (χ1n) is 8.65. The maximum atomic E-state index is 14.9. The van der Waals surface area contributed by atoms with Gasteiger partial charge in [0, 0.05) is 5.92 Å². The van der Waals surface area contributed by atoms with E-state index in [0.717, 1.165) is 0 Å². The Morgan fingerprint density at radius 3 is 2.34 bits per heavy atom. The number of hydrogen-bond acceptors (Lipinski definition) is 5. The van der Waals surface area contributed by atoms with Crippen LogP contribution in [0, 0.1) is 5.92 Å². The van der Waals surface area contributed by atoms with E-state index in [1.165, 1.54) is 31.4 Å². The Labute approximate surface area is 164 Å². The summed E-state index contributed by atoms with van der Waals surface area (Å²) >= 11 is 0. The summed E-state index contributed by atoms with van der Waals surface area (Å²) in [5.41, 5.74) is -5.20. The fourth-order valence-electron chi connectivity index (χ4n) is 2.95. The molecule has 1 aliphatic rings. The quantitative estimate of drug-likeness (QED) is 0.289. The zero-order valence-electron chi connectivity index (χ0n) is 15.3. The van der Waals surface area contributed by atoms with Gasteiger partial charge in [0.05, 0.1) is 12.7 Å². The predicted molar refractivity (Wildman–Crippen MR) is 92.5 cm³/mol. The van der Waals surface area contributed by atoms with Crippen LogP contribution in [0.2, 0.25) is 0 Å². The van der Waals surface area contributed by atoms with E-state index in [-0.39, 0.29) is 24.8 Å². The minimum absolute atomic E-state index is 0.0289. The molecule has 0 saturated heterocycles. The van der Waals surface area contributed by atoms with Gasteiger partial charge < -0.3 is 8.92 Å². The van der Waals surface area contributed by atoms with Gasteiger partial charge in [-0.05, 0) is 49.5 Å². The van der Waals surface area contributed by atoms with Crippen molar-refractivity contribution in [3.63, 3.8) is 0 Å². The number of carbonyl (C=O) groups is 1. The van der Waals surface area contributed by atoms with Crippen LogP contribution in [0.15, 0.2) is 36.1 Å². The Bertz CT molecular complexity index is 860. The second-order valence-electron chi connectivity index (χ2n) is 6.55. The maximum Gasteiger partial charge on any atom is 0.534 e. The molecule has 0 aliphatic heterocycles. The lowest BCUT2D eigenvalue weighted by molar-refractivity contribution is -0.0719. The molecule has 1 unspecified atom stereocenters. The van der Waals surface area contributed by atoms with Gasteiger partial charge >= 0.3 is 27.5 Å². The molecule has 5 nitrogen and oxygen atoms in total. The molecule has 11 heteroatoms. The van der Waals surface area contributed by atoms with Crippen molar-refractivity contribution < 1.29 is 44.1 Å². The number of allylic oxidation sites excluding steroid dienone is 2. The van der Waals surface area contributed by atoms with Gasteiger partial charge in [-0.3, -0.25) is 0 Å². The lowest BCUT2D eigenvalue weighted by Crippen LogP contribution is -2.37. The summed E-state index contributed by atoms with van der Waals surface area (Å²) in [5.74, 6) is -7.53. The Kier molecular flexibility index (Phi) is 6.92. The van der Waals surface area contributed by atoms with Crippen LogP contribution < -0.4 is 0 Å². The number of ether oxygens (including phenoxy) is 1. The molecular formula is C18H19F5O5S. The Morgan fingerprint density at radius 2 is 1.79 bits per heavy atom. The third-order valence-electron chi connectivity index (χ3n) is 4.52. The van der Waals surface area contributed by atoms with E-state index in [4.69, 9.17) is 0 Å². The van der Waals surface area contributed by atoms with E-state index < -0.39 is 39.2 Å². The van der Waals surface area contributed by atoms with Crippen molar-refractivity contribution in [1.82, 2.24) is 0 Å². The highest BCUT2D eigenvalue weighted by Gasteiger charge is 2.53. The first-order valence-corrected chi connectivity index (χ1v) is 10.1. The number of halogens is 5. The molecule has 1 aromatic rings. The van der Waals surface area contributed by atoms with Crippen molar-refractivity contribution in [2.45, 2.75) is 43.5 Å². The Hall–Kier alpha value is -2.17. The number of rotatable bonds is 5. The molecule has 1 aliphatic carbocycles. The standard InChI is InChI=1S/C18H19F5O5S/c1-27-16(24)13-9-7-12(8-10-13)11-14-5-3-2-4-6-15(17(14,19)20)28-29(25,26)18(21,22)23/h6-10,14H,2-5,11H2,1H3. The predicted octanol–water partition coefficient (Wildman–Crippen LogP) is 4.59. The van der Waals surface area contributed by atoms with Gasteiger partial charge in [-0.15, -0.1) is 0 Å². The normalized spacial score (nSPS) is 20.2. The van der Waals surface area contributed by atoms with Crippen molar-refractivity contribution in [2.75, 3.05) is 7.11 Å². The van der Waals surface area contributed by atoms with Crippen molar-refractivity contribution in [3.05, 3.63) is 47.2 Å². The van der Waals surface area contributed by atoms with Gasteiger partial charge in [0.2, 0.25) is 0 Å². The second-order valence-corrected chi connectivity index (χ2v) is 8.09. The molecule has 162 valence electrons. The van der Waals surface area contributed by atoms with Crippen molar-refractivity contribution in [1.29, 1.82) is 0 Å². The monoisotopic (exact) mass is 442 g/mol.